The van der Waals surface area contributed by atoms with Crippen LogP contribution in [0.2, 0.25) is 0 Å². The van der Waals surface area contributed by atoms with Crippen molar-refractivity contribution in [2.24, 2.45) is 0 Å². The molecule has 1 unspecified atom stereocenters. The van der Waals surface area contributed by atoms with Gasteiger partial charge in [0, 0.05) is 12.5 Å². The average molecular weight is 405 g/mol. The van der Waals surface area contributed by atoms with Crippen LogP contribution in [0.3, 0.4) is 0 Å². The van der Waals surface area contributed by atoms with Crippen LogP contribution >= 0.6 is 0 Å². The number of amides is 2. The number of methoxy groups -OCH3 is 1. The summed E-state index contributed by atoms with van der Waals surface area (Å²) in [5.74, 6) is -0.712. The second kappa shape index (κ2) is 7.19. The predicted molar refractivity (Wildman–Crippen MR) is 106 cm³/mol. The Hall–Kier alpha value is -3.86. The molecule has 1 atom stereocenters. The van der Waals surface area contributed by atoms with Crippen LogP contribution in [0.15, 0.2) is 42.5 Å². The predicted octanol–water partition coefficient (Wildman–Crippen LogP) is 2.47. The molecule has 1 fully saturated rings. The number of carbonyl (C=O) groups excluding carboxylic acids is 3. The monoisotopic (exact) mass is 405 g/mol. The lowest BCUT2D eigenvalue weighted by Crippen LogP contribution is -2.63. The Kier molecular flexibility index (Phi) is 4.66. The van der Waals surface area contributed by atoms with Crippen molar-refractivity contribution < 1.29 is 23.9 Å². The summed E-state index contributed by atoms with van der Waals surface area (Å²) in [5, 5.41) is 9.00. The highest BCUT2D eigenvalue weighted by Crippen LogP contribution is 2.44. The van der Waals surface area contributed by atoms with Crippen molar-refractivity contribution in [1.82, 2.24) is 4.90 Å². The van der Waals surface area contributed by atoms with Crippen molar-refractivity contribution in [1.29, 1.82) is 5.26 Å². The van der Waals surface area contributed by atoms with Crippen molar-refractivity contribution in [3.63, 3.8) is 0 Å². The minimum absolute atomic E-state index is 0.0930. The van der Waals surface area contributed by atoms with E-state index in [0.29, 0.717) is 23.2 Å². The number of anilines is 1. The molecule has 2 aliphatic heterocycles. The van der Waals surface area contributed by atoms with Crippen LogP contribution in [0.4, 0.5) is 5.69 Å². The maximum Gasteiger partial charge on any atom is 0.331 e. The number of nitriles is 1. The Bertz CT molecular complexity index is 1110. The maximum atomic E-state index is 13.2. The Morgan fingerprint density at radius 1 is 1.20 bits per heavy atom. The van der Waals surface area contributed by atoms with E-state index in [2.05, 4.69) is 0 Å². The molecule has 0 aromatic heterocycles. The van der Waals surface area contributed by atoms with Crippen LogP contribution in [0.5, 0.6) is 11.5 Å². The smallest absolute Gasteiger partial charge is 0.331 e. The number of para-hydroxylation sites is 1. The summed E-state index contributed by atoms with van der Waals surface area (Å²) >= 11 is 0. The summed E-state index contributed by atoms with van der Waals surface area (Å²) in [6.45, 7) is 1.44. The Labute approximate surface area is 173 Å². The molecule has 8 nitrogen and oxygen atoms in total. The van der Waals surface area contributed by atoms with Crippen LogP contribution in [-0.4, -0.2) is 42.0 Å². The number of esters is 1. The zero-order valence-corrected chi connectivity index (χ0v) is 16.5. The van der Waals surface area contributed by atoms with Gasteiger partial charge in [-0.2, -0.15) is 5.26 Å². The minimum atomic E-state index is -0.948. The van der Waals surface area contributed by atoms with Crippen LogP contribution in [0, 0.1) is 11.3 Å². The van der Waals surface area contributed by atoms with E-state index in [0.717, 1.165) is 0 Å². The molecule has 4 rings (SSSR count). The van der Waals surface area contributed by atoms with Crippen LogP contribution in [0.25, 0.3) is 0 Å². The Morgan fingerprint density at radius 2 is 1.97 bits per heavy atom. The molecular weight excluding hydrogens is 386 g/mol. The topological polar surface area (TPSA) is 99.9 Å². The van der Waals surface area contributed by atoms with Gasteiger partial charge in [-0.25, -0.2) is 4.79 Å². The fourth-order valence-corrected chi connectivity index (χ4v) is 4.05. The number of ether oxygens (including phenoxy) is 2. The minimum Gasteiger partial charge on any atom is -0.493 e. The van der Waals surface area contributed by atoms with Gasteiger partial charge in [-0.15, -0.1) is 0 Å². The molecule has 0 spiro atoms. The SMILES string of the molecule is COc1cc(C#N)ccc1OC(=O)CN1C(=O)c2ccccc2N2C(=O)CCC12C. The first-order valence-electron chi connectivity index (χ1n) is 9.42. The molecular formula is C22H19N3O5. The molecule has 30 heavy (non-hydrogen) atoms. The lowest BCUT2D eigenvalue weighted by atomic mass is 9.98. The third-order valence-corrected chi connectivity index (χ3v) is 5.55. The molecule has 0 N–H and O–H groups in total. The molecule has 2 aromatic carbocycles. The molecule has 152 valence electrons. The lowest BCUT2D eigenvalue weighted by molar-refractivity contribution is -0.136. The van der Waals surface area contributed by atoms with E-state index in [4.69, 9.17) is 14.7 Å². The lowest BCUT2D eigenvalue weighted by Gasteiger charge is -2.48. The number of rotatable bonds is 4. The molecule has 8 heteroatoms. The van der Waals surface area contributed by atoms with Crippen LogP contribution in [-0.2, 0) is 9.59 Å². The highest BCUT2D eigenvalue weighted by atomic mass is 16.6. The van der Waals surface area contributed by atoms with E-state index in [-0.39, 0.29) is 36.3 Å². The van der Waals surface area contributed by atoms with Gasteiger partial charge in [-0.3, -0.25) is 14.5 Å². The third kappa shape index (κ3) is 2.95. The van der Waals surface area contributed by atoms with Crippen molar-refractivity contribution in [3.8, 4) is 17.6 Å². The van der Waals surface area contributed by atoms with Gasteiger partial charge in [0.1, 0.15) is 12.2 Å². The molecule has 1 saturated heterocycles. The largest absolute Gasteiger partial charge is 0.493 e. The quantitative estimate of drug-likeness (QED) is 0.572. The summed E-state index contributed by atoms with van der Waals surface area (Å²) in [5.41, 5.74) is 0.345. The molecule has 2 aliphatic rings. The van der Waals surface area contributed by atoms with Crippen molar-refractivity contribution in [2.75, 3.05) is 18.6 Å². The second-order valence-corrected chi connectivity index (χ2v) is 7.31. The molecule has 0 aliphatic carbocycles. The first-order valence-corrected chi connectivity index (χ1v) is 9.42. The van der Waals surface area contributed by atoms with E-state index >= 15 is 0 Å². The molecule has 2 heterocycles. The molecule has 0 bridgehead atoms. The summed E-state index contributed by atoms with van der Waals surface area (Å²) in [4.78, 5) is 41.5. The number of hydrogen-bond acceptors (Lipinski definition) is 6. The van der Waals surface area contributed by atoms with E-state index in [1.54, 1.807) is 36.1 Å². The van der Waals surface area contributed by atoms with E-state index in [1.165, 1.54) is 30.2 Å². The van der Waals surface area contributed by atoms with Gasteiger partial charge in [-0.1, -0.05) is 12.1 Å². The summed E-state index contributed by atoms with van der Waals surface area (Å²) < 4.78 is 10.6. The first-order chi connectivity index (χ1) is 14.4. The van der Waals surface area contributed by atoms with Crippen molar-refractivity contribution >= 4 is 23.5 Å². The van der Waals surface area contributed by atoms with Gasteiger partial charge in [0.25, 0.3) is 5.91 Å². The van der Waals surface area contributed by atoms with Gasteiger partial charge in [-0.05, 0) is 37.6 Å². The molecule has 2 amide bonds. The zero-order chi connectivity index (χ0) is 21.5. The highest BCUT2D eigenvalue weighted by molar-refractivity contribution is 6.10. The van der Waals surface area contributed by atoms with Crippen molar-refractivity contribution in [3.05, 3.63) is 53.6 Å². The van der Waals surface area contributed by atoms with Gasteiger partial charge in [0.2, 0.25) is 5.91 Å². The van der Waals surface area contributed by atoms with Crippen LogP contribution in [0.1, 0.15) is 35.7 Å². The normalized spacial score (nSPS) is 19.8. The molecule has 0 saturated carbocycles. The number of nitrogens with zero attached hydrogens (tertiary/aromatic N) is 3. The number of carbonyl (C=O) groups is 3. The van der Waals surface area contributed by atoms with Crippen molar-refractivity contribution in [2.45, 2.75) is 25.4 Å². The third-order valence-electron chi connectivity index (χ3n) is 5.55. The Balaban J connectivity index is 1.63. The Morgan fingerprint density at radius 3 is 2.70 bits per heavy atom. The zero-order valence-electron chi connectivity index (χ0n) is 16.5. The van der Waals surface area contributed by atoms with Gasteiger partial charge < -0.3 is 14.4 Å². The average Bonchev–Trinajstić information content (AvgIpc) is 3.06. The van der Waals surface area contributed by atoms with E-state index in [1.807, 2.05) is 6.07 Å². The maximum absolute atomic E-state index is 13.2. The molecule has 0 radical (unpaired) electrons. The summed E-state index contributed by atoms with van der Waals surface area (Å²) in [6, 6.07) is 13.3. The first kappa shape index (κ1) is 19.5. The highest BCUT2D eigenvalue weighted by Gasteiger charge is 2.53. The van der Waals surface area contributed by atoms with Gasteiger partial charge >= 0.3 is 5.97 Å². The number of benzene rings is 2. The van der Waals surface area contributed by atoms with E-state index in [9.17, 15) is 14.4 Å². The standard InChI is InChI=1S/C22H19N3O5/c1-22-10-9-19(26)25(22)16-6-4-3-5-15(16)21(28)24(22)13-20(27)30-17-8-7-14(12-23)11-18(17)29-2/h3-8,11H,9-10,13H2,1-2H3. The summed E-state index contributed by atoms with van der Waals surface area (Å²) in [6.07, 6.45) is 0.701. The second-order valence-electron chi connectivity index (χ2n) is 7.31. The number of fused-ring (bicyclic) bond motifs is 3. The fraction of sp³-hybridized carbons (Fsp3) is 0.273. The number of hydrogen-bond donors (Lipinski definition) is 0. The fourth-order valence-electron chi connectivity index (χ4n) is 4.05. The van der Waals surface area contributed by atoms with Crippen LogP contribution < -0.4 is 14.4 Å². The van der Waals surface area contributed by atoms with Gasteiger partial charge in [0.05, 0.1) is 30.0 Å². The van der Waals surface area contributed by atoms with E-state index < -0.39 is 11.6 Å². The molecule has 2 aromatic rings. The van der Waals surface area contributed by atoms with Gasteiger partial charge in [0.15, 0.2) is 11.5 Å². The summed E-state index contributed by atoms with van der Waals surface area (Å²) in [7, 11) is 1.40.